The fraction of sp³-hybridized carbons (Fsp3) is 0.939. The third-order valence-corrected chi connectivity index (χ3v) is 17.1. The van der Waals surface area contributed by atoms with Crippen LogP contribution in [0.2, 0.25) is 0 Å². The van der Waals surface area contributed by atoms with Crippen LogP contribution in [0.4, 0.5) is 0 Å². The molecular formula is C66H128O17P2. The number of carbonyl (C=O) groups is 4. The molecule has 0 heterocycles. The second-order valence-corrected chi connectivity index (χ2v) is 27.7. The van der Waals surface area contributed by atoms with E-state index in [1.165, 1.54) is 135 Å². The van der Waals surface area contributed by atoms with Crippen molar-refractivity contribution in [1.29, 1.82) is 0 Å². The van der Waals surface area contributed by atoms with Crippen LogP contribution in [0.5, 0.6) is 0 Å². The van der Waals surface area contributed by atoms with Gasteiger partial charge in [-0.05, 0) is 37.5 Å². The zero-order valence-corrected chi connectivity index (χ0v) is 56.7. The van der Waals surface area contributed by atoms with E-state index in [0.717, 1.165) is 115 Å². The fourth-order valence-corrected chi connectivity index (χ4v) is 11.5. The molecule has 0 aromatic carbocycles. The fourth-order valence-electron chi connectivity index (χ4n) is 9.88. The predicted octanol–water partition coefficient (Wildman–Crippen LogP) is 18.4. The first-order chi connectivity index (χ1) is 40.9. The Morgan fingerprint density at radius 3 is 0.800 bits per heavy atom. The smallest absolute Gasteiger partial charge is 0.462 e. The van der Waals surface area contributed by atoms with Crippen LogP contribution >= 0.6 is 15.6 Å². The van der Waals surface area contributed by atoms with Gasteiger partial charge >= 0.3 is 39.5 Å². The molecule has 0 aromatic rings. The highest BCUT2D eigenvalue weighted by Gasteiger charge is 2.30. The molecule has 0 aromatic heterocycles. The average Bonchev–Trinajstić information content (AvgIpc) is 3.54. The molecule has 17 nitrogen and oxygen atoms in total. The van der Waals surface area contributed by atoms with Crippen LogP contribution in [0, 0.1) is 11.8 Å². The standard InChI is InChI=1S/C66H128O17P2/c1-7-9-11-13-15-30-36-42-48-63(68)76-54-61(82-65(70)50-44-38-31-16-14-12-10-8-2)56-80-84(72,73)78-52-60(67)53-79-85(74,75)81-57-62(55-77-64(69)49-43-37-32-27-26-29-35-41-47-59(5)6)83-66(71)51-45-39-33-25-23-21-19-17-18-20-22-24-28-34-40-46-58(3)4/h58-62,67H,7-57H2,1-6H3,(H,72,73)(H,74,75)/t60-,61+,62+/m0/s1. The molecule has 0 aliphatic rings. The molecule has 0 saturated heterocycles. The van der Waals surface area contributed by atoms with Crippen LogP contribution in [0.1, 0.15) is 330 Å². The highest BCUT2D eigenvalue weighted by Crippen LogP contribution is 2.45. The first-order valence-electron chi connectivity index (χ1n) is 34.5. The number of aliphatic hydroxyl groups excluding tert-OH is 1. The summed E-state index contributed by atoms with van der Waals surface area (Å²) in [6, 6.07) is 0. The number of carbonyl (C=O) groups excluding carboxylic acids is 4. The van der Waals surface area contributed by atoms with Crippen molar-refractivity contribution >= 4 is 39.5 Å². The first-order valence-corrected chi connectivity index (χ1v) is 37.5. The number of rotatable bonds is 65. The largest absolute Gasteiger partial charge is 0.472 e. The van der Waals surface area contributed by atoms with Gasteiger partial charge < -0.3 is 33.8 Å². The van der Waals surface area contributed by atoms with E-state index in [1.54, 1.807) is 0 Å². The molecule has 85 heavy (non-hydrogen) atoms. The molecule has 0 fully saturated rings. The summed E-state index contributed by atoms with van der Waals surface area (Å²) < 4.78 is 67.9. The van der Waals surface area contributed by atoms with E-state index in [4.69, 9.17) is 37.0 Å². The second-order valence-electron chi connectivity index (χ2n) is 24.8. The summed E-state index contributed by atoms with van der Waals surface area (Å²) in [5.74, 6) is -0.607. The minimum absolute atomic E-state index is 0.105. The number of ether oxygens (including phenoxy) is 4. The maximum absolute atomic E-state index is 13.0. The Balaban J connectivity index is 5.17. The Labute approximate surface area is 517 Å². The SMILES string of the molecule is CCCCCCCCCCC(=O)OC[C@H](COP(=O)(O)OC[C@H](O)COP(=O)(O)OC[C@@H](COC(=O)CCCCCCCCCCC(C)C)OC(=O)CCCCCCCCCCCCCCCCCC(C)C)OC(=O)CCCCCCCCCC. The Morgan fingerprint density at radius 2 is 0.541 bits per heavy atom. The molecule has 2 unspecified atom stereocenters. The van der Waals surface area contributed by atoms with E-state index in [0.29, 0.717) is 25.7 Å². The van der Waals surface area contributed by atoms with Gasteiger partial charge in [-0.2, -0.15) is 0 Å². The molecule has 0 bridgehead atoms. The van der Waals surface area contributed by atoms with Gasteiger partial charge in [0, 0.05) is 25.7 Å². The number of aliphatic hydroxyl groups is 1. The molecule has 0 aliphatic carbocycles. The molecule has 5 atom stereocenters. The number of phosphoric acid groups is 2. The first kappa shape index (κ1) is 83.1. The molecule has 0 amide bonds. The highest BCUT2D eigenvalue weighted by atomic mass is 31.2. The Morgan fingerprint density at radius 1 is 0.318 bits per heavy atom. The van der Waals surface area contributed by atoms with E-state index >= 15 is 0 Å². The van der Waals surface area contributed by atoms with Crippen LogP contribution in [0.3, 0.4) is 0 Å². The van der Waals surface area contributed by atoms with Gasteiger partial charge in [0.2, 0.25) is 0 Å². The van der Waals surface area contributed by atoms with Crippen molar-refractivity contribution in [1.82, 2.24) is 0 Å². The van der Waals surface area contributed by atoms with Crippen LogP contribution in [-0.4, -0.2) is 96.7 Å². The number of unbranched alkanes of at least 4 members (excludes halogenated alkanes) is 35. The van der Waals surface area contributed by atoms with E-state index in [9.17, 15) is 43.2 Å². The maximum atomic E-state index is 13.0. The normalized spacial score (nSPS) is 14.2. The molecular weight excluding hydrogens is 1130 g/mol. The van der Waals surface area contributed by atoms with Crippen molar-refractivity contribution in [2.24, 2.45) is 11.8 Å². The van der Waals surface area contributed by atoms with E-state index in [1.807, 2.05) is 0 Å². The quantitative estimate of drug-likeness (QED) is 0.0222. The lowest BCUT2D eigenvalue weighted by Gasteiger charge is -2.21. The molecule has 0 radical (unpaired) electrons. The van der Waals surface area contributed by atoms with Gasteiger partial charge in [-0.25, -0.2) is 9.13 Å². The monoisotopic (exact) mass is 1250 g/mol. The third kappa shape index (κ3) is 60.7. The minimum Gasteiger partial charge on any atom is -0.462 e. The van der Waals surface area contributed by atoms with Gasteiger partial charge in [0.1, 0.15) is 19.3 Å². The van der Waals surface area contributed by atoms with Crippen molar-refractivity contribution in [3.8, 4) is 0 Å². The lowest BCUT2D eigenvalue weighted by atomic mass is 10.0. The second kappa shape index (κ2) is 58.4. The topological polar surface area (TPSA) is 237 Å². The lowest BCUT2D eigenvalue weighted by molar-refractivity contribution is -0.161. The number of hydrogen-bond acceptors (Lipinski definition) is 15. The van der Waals surface area contributed by atoms with Gasteiger partial charge in [-0.3, -0.25) is 37.3 Å². The van der Waals surface area contributed by atoms with E-state index in [2.05, 4.69) is 41.5 Å². The molecule has 19 heteroatoms. The molecule has 0 spiro atoms. The number of hydrogen-bond donors (Lipinski definition) is 3. The summed E-state index contributed by atoms with van der Waals surface area (Å²) in [6.07, 6.45) is 41.9. The van der Waals surface area contributed by atoms with Crippen LogP contribution in [-0.2, 0) is 65.4 Å². The summed E-state index contributed by atoms with van der Waals surface area (Å²) in [5.41, 5.74) is 0. The molecule has 0 aliphatic heterocycles. The molecule has 0 saturated carbocycles. The van der Waals surface area contributed by atoms with Gasteiger partial charge in [-0.1, -0.05) is 279 Å². The molecule has 3 N–H and O–H groups in total. The van der Waals surface area contributed by atoms with Gasteiger partial charge in [0.05, 0.1) is 26.4 Å². The highest BCUT2D eigenvalue weighted by molar-refractivity contribution is 7.47. The van der Waals surface area contributed by atoms with Gasteiger partial charge in [0.15, 0.2) is 12.2 Å². The van der Waals surface area contributed by atoms with Crippen molar-refractivity contribution in [3.63, 3.8) is 0 Å². The molecule has 504 valence electrons. The lowest BCUT2D eigenvalue weighted by Crippen LogP contribution is -2.30. The zero-order chi connectivity index (χ0) is 62.9. The average molecular weight is 1260 g/mol. The van der Waals surface area contributed by atoms with E-state index in [-0.39, 0.29) is 25.7 Å². The van der Waals surface area contributed by atoms with Crippen molar-refractivity contribution in [2.75, 3.05) is 39.6 Å². The van der Waals surface area contributed by atoms with Gasteiger partial charge in [-0.15, -0.1) is 0 Å². The summed E-state index contributed by atoms with van der Waals surface area (Å²) in [4.78, 5) is 72.1. The Kier molecular flexibility index (Phi) is 57.1. The van der Waals surface area contributed by atoms with Crippen molar-refractivity contribution < 1.29 is 80.2 Å². The van der Waals surface area contributed by atoms with Crippen LogP contribution < -0.4 is 0 Å². The summed E-state index contributed by atoms with van der Waals surface area (Å²) in [5, 5.41) is 10.5. The predicted molar refractivity (Wildman–Crippen MR) is 340 cm³/mol. The Bertz CT molecular complexity index is 1670. The van der Waals surface area contributed by atoms with Crippen molar-refractivity contribution in [3.05, 3.63) is 0 Å². The Hall–Kier alpha value is -1.94. The van der Waals surface area contributed by atoms with Crippen LogP contribution in [0.15, 0.2) is 0 Å². The third-order valence-electron chi connectivity index (χ3n) is 15.2. The number of phosphoric ester groups is 2. The molecule has 0 rings (SSSR count). The summed E-state index contributed by atoms with van der Waals surface area (Å²) in [6.45, 7) is 9.45. The number of esters is 4. The van der Waals surface area contributed by atoms with Crippen LogP contribution in [0.25, 0.3) is 0 Å². The van der Waals surface area contributed by atoms with Crippen molar-refractivity contribution in [2.45, 2.75) is 349 Å². The van der Waals surface area contributed by atoms with Gasteiger partial charge in [0.25, 0.3) is 0 Å². The minimum atomic E-state index is -4.95. The zero-order valence-electron chi connectivity index (χ0n) is 54.9. The van der Waals surface area contributed by atoms with E-state index < -0.39 is 97.5 Å². The summed E-state index contributed by atoms with van der Waals surface area (Å²) >= 11 is 0. The maximum Gasteiger partial charge on any atom is 0.472 e. The summed E-state index contributed by atoms with van der Waals surface area (Å²) in [7, 11) is -9.88.